The van der Waals surface area contributed by atoms with Crippen LogP contribution in [0.1, 0.15) is 27.9 Å². The lowest BCUT2D eigenvalue weighted by Crippen LogP contribution is -2.19. The number of carbonyl (C=O) groups excluding carboxylic acids is 1. The lowest BCUT2D eigenvalue weighted by molar-refractivity contribution is 0.0950. The van der Waals surface area contributed by atoms with Crippen LogP contribution in [0.4, 0.5) is 0 Å². The second-order valence-electron chi connectivity index (χ2n) is 5.79. The molecule has 140 valence electrons. The zero-order chi connectivity index (χ0) is 19.4. The van der Waals surface area contributed by atoms with Crippen LogP contribution in [-0.2, 0) is 0 Å². The summed E-state index contributed by atoms with van der Waals surface area (Å²) >= 11 is 1.64. The van der Waals surface area contributed by atoms with E-state index in [0.29, 0.717) is 17.2 Å². The number of hydrogen-bond donors (Lipinski definition) is 2. The number of nitrogens with zero attached hydrogens (tertiary/aromatic N) is 2. The molecular formula is C19H20N4O3S. The number of carbonyl (C=O) groups is 1. The number of benzene rings is 1. The maximum Gasteiger partial charge on any atom is 0.291 e. The number of aryl methyl sites for hydroxylation is 1. The first-order valence-electron chi connectivity index (χ1n) is 8.21. The number of thiophene rings is 1. The van der Waals surface area contributed by atoms with E-state index in [4.69, 9.17) is 9.47 Å². The standard InChI is InChI=1S/C19H20N4O3S/c1-11-5-8-18(27-11)14-10-15(22-21-14)19(24)23-20-12(2)13-6-7-16(25-3)17(9-13)26-4/h5-10H,1-4H3,(H,21,22)(H,23,24)/b20-12-. The highest BCUT2D eigenvalue weighted by Gasteiger charge is 2.12. The smallest absolute Gasteiger partial charge is 0.291 e. The Balaban J connectivity index is 1.72. The number of hydrogen-bond acceptors (Lipinski definition) is 6. The van der Waals surface area contributed by atoms with Crippen molar-refractivity contribution in [1.29, 1.82) is 0 Å². The molecule has 27 heavy (non-hydrogen) atoms. The van der Waals surface area contributed by atoms with Gasteiger partial charge in [-0.3, -0.25) is 9.89 Å². The molecule has 2 aromatic heterocycles. The Labute approximate surface area is 161 Å². The van der Waals surface area contributed by atoms with Gasteiger partial charge in [-0.2, -0.15) is 10.2 Å². The van der Waals surface area contributed by atoms with Gasteiger partial charge in [0.15, 0.2) is 17.2 Å². The number of hydrazone groups is 1. The summed E-state index contributed by atoms with van der Waals surface area (Å²) in [7, 11) is 3.15. The molecule has 0 saturated carbocycles. The summed E-state index contributed by atoms with van der Waals surface area (Å²) in [4.78, 5) is 14.5. The van der Waals surface area contributed by atoms with Crippen molar-refractivity contribution in [2.75, 3.05) is 14.2 Å². The first-order chi connectivity index (χ1) is 13.0. The Morgan fingerprint density at radius 2 is 1.93 bits per heavy atom. The number of rotatable bonds is 6. The summed E-state index contributed by atoms with van der Waals surface area (Å²) in [6, 6.07) is 11.2. The Bertz CT molecular complexity index is 991. The van der Waals surface area contributed by atoms with Crippen molar-refractivity contribution in [3.8, 4) is 22.1 Å². The molecule has 0 spiro atoms. The van der Waals surface area contributed by atoms with E-state index in [1.165, 1.54) is 4.88 Å². The van der Waals surface area contributed by atoms with E-state index in [9.17, 15) is 4.79 Å². The maximum atomic E-state index is 12.3. The van der Waals surface area contributed by atoms with Crippen LogP contribution in [0, 0.1) is 6.92 Å². The van der Waals surface area contributed by atoms with Gasteiger partial charge in [-0.1, -0.05) is 0 Å². The van der Waals surface area contributed by atoms with Gasteiger partial charge in [0.1, 0.15) is 0 Å². The van der Waals surface area contributed by atoms with Crippen molar-refractivity contribution in [2.24, 2.45) is 5.10 Å². The number of ether oxygens (including phenoxy) is 2. The fourth-order valence-electron chi connectivity index (χ4n) is 2.46. The monoisotopic (exact) mass is 384 g/mol. The van der Waals surface area contributed by atoms with Crippen LogP contribution in [0.15, 0.2) is 41.5 Å². The molecule has 0 aliphatic rings. The summed E-state index contributed by atoms with van der Waals surface area (Å²) in [5.41, 5.74) is 5.06. The molecular weight excluding hydrogens is 364 g/mol. The third-order valence-corrected chi connectivity index (χ3v) is 4.98. The molecule has 7 nitrogen and oxygen atoms in total. The minimum Gasteiger partial charge on any atom is -0.493 e. The summed E-state index contributed by atoms with van der Waals surface area (Å²) in [5, 5.41) is 11.1. The zero-order valence-corrected chi connectivity index (χ0v) is 16.3. The second kappa shape index (κ2) is 8.05. The fraction of sp³-hybridized carbons (Fsp3) is 0.211. The molecule has 0 atom stereocenters. The molecule has 0 fully saturated rings. The number of nitrogens with one attached hydrogen (secondary N) is 2. The predicted molar refractivity (Wildman–Crippen MR) is 106 cm³/mol. The molecule has 0 aliphatic heterocycles. The number of H-pyrrole nitrogens is 1. The van der Waals surface area contributed by atoms with Crippen LogP contribution in [0.3, 0.4) is 0 Å². The first kappa shape index (κ1) is 18.7. The van der Waals surface area contributed by atoms with Crippen LogP contribution < -0.4 is 14.9 Å². The average Bonchev–Trinajstić information content (AvgIpc) is 3.34. The van der Waals surface area contributed by atoms with Crippen molar-refractivity contribution in [3.05, 3.63) is 52.5 Å². The SMILES string of the molecule is COc1ccc(/C(C)=N\NC(=O)c2cc(-c3ccc(C)s3)[nH]n2)cc1OC. The molecule has 8 heteroatoms. The minimum absolute atomic E-state index is 0.278. The predicted octanol–water partition coefficient (Wildman–Crippen LogP) is 3.62. The van der Waals surface area contributed by atoms with Crippen LogP contribution >= 0.6 is 11.3 Å². The highest BCUT2D eigenvalue weighted by atomic mass is 32.1. The van der Waals surface area contributed by atoms with Crippen molar-refractivity contribution in [1.82, 2.24) is 15.6 Å². The summed E-state index contributed by atoms with van der Waals surface area (Å²) in [6.45, 7) is 3.83. The number of aromatic nitrogens is 2. The van der Waals surface area contributed by atoms with Gasteiger partial charge in [0.2, 0.25) is 0 Å². The Kier molecular flexibility index (Phi) is 5.56. The quantitative estimate of drug-likeness (QED) is 0.502. The lowest BCUT2D eigenvalue weighted by Gasteiger charge is -2.09. The van der Waals surface area contributed by atoms with Gasteiger partial charge < -0.3 is 9.47 Å². The van der Waals surface area contributed by atoms with Gasteiger partial charge in [0.05, 0.1) is 30.5 Å². The molecule has 1 aromatic carbocycles. The molecule has 0 radical (unpaired) electrons. The van der Waals surface area contributed by atoms with Crippen molar-refractivity contribution in [2.45, 2.75) is 13.8 Å². The number of methoxy groups -OCH3 is 2. The van der Waals surface area contributed by atoms with Crippen LogP contribution in [0.25, 0.3) is 10.6 Å². The molecule has 1 amide bonds. The van der Waals surface area contributed by atoms with E-state index in [1.807, 2.05) is 25.1 Å². The largest absolute Gasteiger partial charge is 0.493 e. The number of aromatic amines is 1. The van der Waals surface area contributed by atoms with Crippen molar-refractivity contribution < 1.29 is 14.3 Å². The Morgan fingerprint density at radius 3 is 2.59 bits per heavy atom. The molecule has 0 saturated heterocycles. The number of amides is 1. The molecule has 2 heterocycles. The van der Waals surface area contributed by atoms with Crippen LogP contribution in [-0.4, -0.2) is 36.0 Å². The third-order valence-electron chi connectivity index (χ3n) is 3.94. The highest BCUT2D eigenvalue weighted by Crippen LogP contribution is 2.28. The lowest BCUT2D eigenvalue weighted by atomic mass is 10.1. The van der Waals surface area contributed by atoms with E-state index < -0.39 is 0 Å². The third kappa shape index (κ3) is 4.17. The van der Waals surface area contributed by atoms with E-state index in [0.717, 1.165) is 16.1 Å². The first-order valence-corrected chi connectivity index (χ1v) is 9.02. The van der Waals surface area contributed by atoms with Crippen molar-refractivity contribution in [3.63, 3.8) is 0 Å². The van der Waals surface area contributed by atoms with Crippen LogP contribution in [0.2, 0.25) is 0 Å². The van der Waals surface area contributed by atoms with Gasteiger partial charge in [-0.15, -0.1) is 11.3 Å². The second-order valence-corrected chi connectivity index (χ2v) is 7.07. The highest BCUT2D eigenvalue weighted by molar-refractivity contribution is 7.15. The minimum atomic E-state index is -0.384. The molecule has 2 N–H and O–H groups in total. The molecule has 3 aromatic rings. The molecule has 0 bridgehead atoms. The zero-order valence-electron chi connectivity index (χ0n) is 15.5. The summed E-state index contributed by atoms with van der Waals surface area (Å²) in [6.07, 6.45) is 0. The molecule has 0 aliphatic carbocycles. The average molecular weight is 384 g/mol. The Hall–Kier alpha value is -3.13. The van der Waals surface area contributed by atoms with Gasteiger partial charge in [-0.25, -0.2) is 5.43 Å². The van der Waals surface area contributed by atoms with E-state index >= 15 is 0 Å². The van der Waals surface area contributed by atoms with Crippen LogP contribution in [0.5, 0.6) is 11.5 Å². The maximum absolute atomic E-state index is 12.3. The van der Waals surface area contributed by atoms with Gasteiger partial charge in [-0.05, 0) is 50.2 Å². The summed E-state index contributed by atoms with van der Waals surface area (Å²) in [5.74, 6) is 0.843. The van der Waals surface area contributed by atoms with Gasteiger partial charge in [0.25, 0.3) is 5.91 Å². The van der Waals surface area contributed by atoms with Crippen molar-refractivity contribution >= 4 is 23.0 Å². The van der Waals surface area contributed by atoms with Gasteiger partial charge >= 0.3 is 0 Å². The molecule has 0 unspecified atom stereocenters. The van der Waals surface area contributed by atoms with E-state index in [1.54, 1.807) is 50.7 Å². The fourth-order valence-corrected chi connectivity index (χ4v) is 3.29. The Morgan fingerprint density at radius 1 is 1.15 bits per heavy atom. The van der Waals surface area contributed by atoms with E-state index in [2.05, 4.69) is 20.7 Å². The normalized spacial score (nSPS) is 11.3. The molecule has 3 rings (SSSR count). The van der Waals surface area contributed by atoms with E-state index in [-0.39, 0.29) is 11.6 Å². The topological polar surface area (TPSA) is 88.6 Å². The van der Waals surface area contributed by atoms with Gasteiger partial charge in [0, 0.05) is 10.4 Å². The summed E-state index contributed by atoms with van der Waals surface area (Å²) < 4.78 is 10.5.